The minimum atomic E-state index is 0.687. The summed E-state index contributed by atoms with van der Waals surface area (Å²) in [5, 5.41) is 3.74. The summed E-state index contributed by atoms with van der Waals surface area (Å²) in [5.74, 6) is 0.800. The molecule has 0 aliphatic carbocycles. The van der Waals surface area contributed by atoms with Gasteiger partial charge in [-0.25, -0.2) is 0 Å². The van der Waals surface area contributed by atoms with Crippen LogP contribution in [0, 0.1) is 12.8 Å². The smallest absolute Gasteiger partial charge is 0.0234 e. The van der Waals surface area contributed by atoms with Gasteiger partial charge in [0.25, 0.3) is 0 Å². The van der Waals surface area contributed by atoms with E-state index in [9.17, 15) is 0 Å². The highest BCUT2D eigenvalue weighted by Crippen LogP contribution is 2.15. The van der Waals surface area contributed by atoms with E-state index in [2.05, 4.69) is 55.3 Å². The number of likely N-dealkylation sites (tertiary alicyclic amines) is 1. The maximum atomic E-state index is 3.74. The molecule has 2 rings (SSSR count). The van der Waals surface area contributed by atoms with Crippen molar-refractivity contribution in [2.24, 2.45) is 5.92 Å². The van der Waals surface area contributed by atoms with Gasteiger partial charge in [0.1, 0.15) is 0 Å². The first-order chi connectivity index (χ1) is 9.63. The lowest BCUT2D eigenvalue weighted by molar-refractivity contribution is 0.182. The fourth-order valence-corrected chi connectivity index (χ4v) is 3.01. The van der Waals surface area contributed by atoms with Crippen LogP contribution < -0.4 is 5.32 Å². The number of hydrogen-bond acceptors (Lipinski definition) is 2. The lowest BCUT2D eigenvalue weighted by atomic mass is 10.0. The van der Waals surface area contributed by atoms with E-state index in [1.807, 2.05) is 0 Å². The molecule has 0 spiro atoms. The van der Waals surface area contributed by atoms with Crippen LogP contribution in [0.25, 0.3) is 0 Å². The largest absolute Gasteiger partial charge is 0.313 e. The molecule has 112 valence electrons. The molecule has 0 aromatic heterocycles. The van der Waals surface area contributed by atoms with Gasteiger partial charge in [-0.05, 0) is 50.8 Å². The van der Waals surface area contributed by atoms with Crippen LogP contribution in [0.15, 0.2) is 24.3 Å². The maximum Gasteiger partial charge on any atom is 0.0234 e. The quantitative estimate of drug-likeness (QED) is 0.853. The highest BCUT2D eigenvalue weighted by molar-refractivity contribution is 5.22. The van der Waals surface area contributed by atoms with Crippen LogP contribution in [0.4, 0.5) is 0 Å². The van der Waals surface area contributed by atoms with Crippen LogP contribution in [-0.2, 0) is 6.54 Å². The Labute approximate surface area is 124 Å². The molecule has 1 heterocycles. The Morgan fingerprint density at radius 3 is 2.95 bits per heavy atom. The SMILES string of the molecule is Cc1cccc(CN2CCCC(NCCC(C)C)C2)c1. The van der Waals surface area contributed by atoms with Gasteiger partial charge in [0.2, 0.25) is 0 Å². The molecule has 1 aliphatic rings. The van der Waals surface area contributed by atoms with Crippen molar-refractivity contribution >= 4 is 0 Å². The summed E-state index contributed by atoms with van der Waals surface area (Å²) in [6.45, 7) is 11.5. The van der Waals surface area contributed by atoms with E-state index in [4.69, 9.17) is 0 Å². The molecule has 1 aromatic rings. The van der Waals surface area contributed by atoms with Crippen LogP contribution in [0.3, 0.4) is 0 Å². The highest BCUT2D eigenvalue weighted by atomic mass is 15.2. The molecule has 0 amide bonds. The lowest BCUT2D eigenvalue weighted by Crippen LogP contribution is -2.45. The molecular weight excluding hydrogens is 244 g/mol. The van der Waals surface area contributed by atoms with E-state index in [0.29, 0.717) is 6.04 Å². The summed E-state index contributed by atoms with van der Waals surface area (Å²) in [6, 6.07) is 9.61. The van der Waals surface area contributed by atoms with Gasteiger partial charge in [0, 0.05) is 19.1 Å². The van der Waals surface area contributed by atoms with Gasteiger partial charge in [-0.15, -0.1) is 0 Å². The first-order valence-corrected chi connectivity index (χ1v) is 8.15. The summed E-state index contributed by atoms with van der Waals surface area (Å²) in [7, 11) is 0. The zero-order valence-corrected chi connectivity index (χ0v) is 13.4. The third-order valence-electron chi connectivity index (χ3n) is 4.15. The first kappa shape index (κ1) is 15.5. The Balaban J connectivity index is 1.78. The van der Waals surface area contributed by atoms with Gasteiger partial charge >= 0.3 is 0 Å². The minimum absolute atomic E-state index is 0.687. The van der Waals surface area contributed by atoms with Gasteiger partial charge < -0.3 is 5.32 Å². The second-order valence-electron chi connectivity index (χ2n) is 6.70. The van der Waals surface area contributed by atoms with Crippen LogP contribution >= 0.6 is 0 Å². The highest BCUT2D eigenvalue weighted by Gasteiger charge is 2.19. The fraction of sp³-hybridized carbons (Fsp3) is 0.667. The third-order valence-corrected chi connectivity index (χ3v) is 4.15. The van der Waals surface area contributed by atoms with Gasteiger partial charge in [-0.3, -0.25) is 4.90 Å². The number of aryl methyl sites for hydroxylation is 1. The van der Waals surface area contributed by atoms with Crippen molar-refractivity contribution in [2.45, 2.75) is 52.6 Å². The summed E-state index contributed by atoms with van der Waals surface area (Å²) in [6.07, 6.45) is 3.95. The molecule has 1 aromatic carbocycles. The number of hydrogen-bond donors (Lipinski definition) is 1. The third kappa shape index (κ3) is 5.26. The summed E-state index contributed by atoms with van der Waals surface area (Å²) in [5.41, 5.74) is 2.82. The molecule has 1 N–H and O–H groups in total. The predicted molar refractivity (Wildman–Crippen MR) is 86.9 cm³/mol. The van der Waals surface area contributed by atoms with Crippen molar-refractivity contribution in [3.63, 3.8) is 0 Å². The zero-order valence-electron chi connectivity index (χ0n) is 13.4. The van der Waals surface area contributed by atoms with Gasteiger partial charge in [-0.1, -0.05) is 43.7 Å². The lowest BCUT2D eigenvalue weighted by Gasteiger charge is -2.33. The summed E-state index contributed by atoms with van der Waals surface area (Å²) in [4.78, 5) is 2.60. The van der Waals surface area contributed by atoms with Crippen molar-refractivity contribution in [1.29, 1.82) is 0 Å². The molecule has 1 unspecified atom stereocenters. The first-order valence-electron chi connectivity index (χ1n) is 8.15. The number of piperidine rings is 1. The molecule has 0 saturated carbocycles. The molecule has 2 heteroatoms. The van der Waals surface area contributed by atoms with Crippen LogP contribution in [0.5, 0.6) is 0 Å². The summed E-state index contributed by atoms with van der Waals surface area (Å²) < 4.78 is 0. The second kappa shape index (κ2) is 7.80. The number of benzene rings is 1. The monoisotopic (exact) mass is 274 g/mol. The van der Waals surface area contributed by atoms with E-state index >= 15 is 0 Å². The van der Waals surface area contributed by atoms with Crippen molar-refractivity contribution < 1.29 is 0 Å². The average Bonchev–Trinajstić information content (AvgIpc) is 2.39. The van der Waals surface area contributed by atoms with Crippen LogP contribution in [-0.4, -0.2) is 30.6 Å². The van der Waals surface area contributed by atoms with Gasteiger partial charge in [0.15, 0.2) is 0 Å². The topological polar surface area (TPSA) is 15.3 Å². The number of rotatable bonds is 6. The van der Waals surface area contributed by atoms with E-state index < -0.39 is 0 Å². The van der Waals surface area contributed by atoms with Gasteiger partial charge in [-0.2, -0.15) is 0 Å². The van der Waals surface area contributed by atoms with E-state index in [1.165, 1.54) is 50.0 Å². The number of nitrogens with zero attached hydrogens (tertiary/aromatic N) is 1. The molecule has 1 fully saturated rings. The Morgan fingerprint density at radius 2 is 2.20 bits per heavy atom. The van der Waals surface area contributed by atoms with Gasteiger partial charge in [0.05, 0.1) is 0 Å². The van der Waals surface area contributed by atoms with E-state index in [0.717, 1.165) is 12.5 Å². The van der Waals surface area contributed by atoms with E-state index in [-0.39, 0.29) is 0 Å². The molecule has 2 nitrogen and oxygen atoms in total. The Morgan fingerprint density at radius 1 is 1.35 bits per heavy atom. The van der Waals surface area contributed by atoms with Crippen molar-refractivity contribution in [2.75, 3.05) is 19.6 Å². The minimum Gasteiger partial charge on any atom is -0.313 e. The zero-order chi connectivity index (χ0) is 14.4. The molecule has 1 atom stereocenters. The Kier molecular flexibility index (Phi) is 6.06. The maximum absolute atomic E-state index is 3.74. The molecule has 1 aliphatic heterocycles. The normalized spacial score (nSPS) is 20.5. The molecule has 0 radical (unpaired) electrons. The van der Waals surface area contributed by atoms with Crippen LogP contribution in [0.2, 0.25) is 0 Å². The molecule has 1 saturated heterocycles. The summed E-state index contributed by atoms with van der Waals surface area (Å²) >= 11 is 0. The number of nitrogens with one attached hydrogen (secondary N) is 1. The average molecular weight is 274 g/mol. The molecule has 20 heavy (non-hydrogen) atoms. The Bertz CT molecular complexity index is 400. The fourth-order valence-electron chi connectivity index (χ4n) is 3.01. The molecule has 0 bridgehead atoms. The van der Waals surface area contributed by atoms with Crippen molar-refractivity contribution in [3.8, 4) is 0 Å². The predicted octanol–water partition coefficient (Wildman–Crippen LogP) is 3.60. The molecular formula is C18H30N2. The Hall–Kier alpha value is -0.860. The van der Waals surface area contributed by atoms with Crippen molar-refractivity contribution in [3.05, 3.63) is 35.4 Å². The van der Waals surface area contributed by atoms with Crippen LogP contribution in [0.1, 0.15) is 44.2 Å². The second-order valence-corrected chi connectivity index (χ2v) is 6.70. The standard InChI is InChI=1S/C18H30N2/c1-15(2)9-10-19-18-8-5-11-20(14-18)13-17-7-4-6-16(3)12-17/h4,6-7,12,15,18-19H,5,8-11,13-14H2,1-3H3. The van der Waals surface area contributed by atoms with Crippen molar-refractivity contribution in [1.82, 2.24) is 10.2 Å². The van der Waals surface area contributed by atoms with E-state index in [1.54, 1.807) is 0 Å².